The summed E-state index contributed by atoms with van der Waals surface area (Å²) in [7, 11) is 0. The van der Waals surface area contributed by atoms with Gasteiger partial charge < -0.3 is 11.5 Å². The summed E-state index contributed by atoms with van der Waals surface area (Å²) in [5.41, 5.74) is 13.6. The molecule has 0 bridgehead atoms. The predicted molar refractivity (Wildman–Crippen MR) is 59.7 cm³/mol. The number of hydrogen-bond acceptors (Lipinski definition) is 2. The Kier molecular flexibility index (Phi) is 2.48. The number of fused-ring (bicyclic) bond motifs is 1. The van der Waals surface area contributed by atoms with Crippen molar-refractivity contribution in [1.82, 2.24) is 0 Å². The zero-order chi connectivity index (χ0) is 9.97. The maximum atomic E-state index is 5.66. The highest BCUT2D eigenvalue weighted by molar-refractivity contribution is 5.86. The summed E-state index contributed by atoms with van der Waals surface area (Å²) < 4.78 is 0. The van der Waals surface area contributed by atoms with E-state index in [4.69, 9.17) is 11.5 Å². The standard InChI is InChI=1S/C12H14N2/c13-7-9-4-5-12-10(6-9)2-1-3-11(12)8-14/h1-6H,7-8,13-14H2. The molecule has 0 unspecified atom stereocenters. The second-order valence-corrected chi connectivity index (χ2v) is 3.38. The summed E-state index contributed by atoms with van der Waals surface area (Å²) >= 11 is 0. The van der Waals surface area contributed by atoms with Gasteiger partial charge in [0, 0.05) is 13.1 Å². The van der Waals surface area contributed by atoms with E-state index in [-0.39, 0.29) is 0 Å². The molecule has 2 rings (SSSR count). The molecule has 0 fully saturated rings. The molecule has 0 amide bonds. The van der Waals surface area contributed by atoms with Crippen LogP contribution in [0.4, 0.5) is 0 Å². The molecule has 0 aliphatic carbocycles. The van der Waals surface area contributed by atoms with E-state index < -0.39 is 0 Å². The Labute approximate surface area is 83.5 Å². The Morgan fingerprint density at radius 2 is 1.79 bits per heavy atom. The number of benzene rings is 2. The molecule has 0 atom stereocenters. The summed E-state index contributed by atoms with van der Waals surface area (Å²) in [6.07, 6.45) is 0. The number of rotatable bonds is 2. The van der Waals surface area contributed by atoms with Crippen molar-refractivity contribution in [3.63, 3.8) is 0 Å². The average molecular weight is 186 g/mol. The molecule has 0 saturated carbocycles. The molecule has 0 heterocycles. The van der Waals surface area contributed by atoms with Crippen LogP contribution in [0.3, 0.4) is 0 Å². The maximum Gasteiger partial charge on any atom is 0.0184 e. The van der Waals surface area contributed by atoms with Crippen LogP contribution in [0.1, 0.15) is 11.1 Å². The normalized spacial score (nSPS) is 10.7. The monoisotopic (exact) mass is 186 g/mol. The van der Waals surface area contributed by atoms with Crippen LogP contribution >= 0.6 is 0 Å². The van der Waals surface area contributed by atoms with Gasteiger partial charge >= 0.3 is 0 Å². The Bertz CT molecular complexity index is 449. The summed E-state index contributed by atoms with van der Waals surface area (Å²) in [4.78, 5) is 0. The van der Waals surface area contributed by atoms with Crippen molar-refractivity contribution >= 4 is 10.8 Å². The van der Waals surface area contributed by atoms with Crippen LogP contribution in [0, 0.1) is 0 Å². The molecule has 72 valence electrons. The second-order valence-electron chi connectivity index (χ2n) is 3.38. The van der Waals surface area contributed by atoms with E-state index in [1.165, 1.54) is 16.3 Å². The van der Waals surface area contributed by atoms with Crippen molar-refractivity contribution in [3.8, 4) is 0 Å². The Balaban J connectivity index is 2.67. The molecule has 2 heteroatoms. The van der Waals surface area contributed by atoms with Crippen LogP contribution in [-0.4, -0.2) is 0 Å². The molecule has 2 aromatic carbocycles. The highest BCUT2D eigenvalue weighted by atomic mass is 14.5. The molecular formula is C12H14N2. The van der Waals surface area contributed by atoms with Crippen molar-refractivity contribution in [2.45, 2.75) is 13.1 Å². The van der Waals surface area contributed by atoms with Crippen molar-refractivity contribution in [3.05, 3.63) is 47.5 Å². The van der Waals surface area contributed by atoms with E-state index >= 15 is 0 Å². The molecule has 2 aromatic rings. The minimum Gasteiger partial charge on any atom is -0.326 e. The fourth-order valence-electron chi connectivity index (χ4n) is 1.71. The Morgan fingerprint density at radius 3 is 2.50 bits per heavy atom. The van der Waals surface area contributed by atoms with Gasteiger partial charge in [0.1, 0.15) is 0 Å². The molecular weight excluding hydrogens is 172 g/mol. The Hall–Kier alpha value is -1.38. The van der Waals surface area contributed by atoms with Crippen LogP contribution in [0.5, 0.6) is 0 Å². The molecule has 0 aliphatic heterocycles. The van der Waals surface area contributed by atoms with E-state index in [2.05, 4.69) is 30.3 Å². The highest BCUT2D eigenvalue weighted by Crippen LogP contribution is 2.19. The minimum atomic E-state index is 0.583. The molecule has 0 spiro atoms. The Morgan fingerprint density at radius 1 is 0.929 bits per heavy atom. The molecule has 0 aromatic heterocycles. The third-order valence-electron chi connectivity index (χ3n) is 2.49. The maximum absolute atomic E-state index is 5.66. The van der Waals surface area contributed by atoms with Gasteiger partial charge in [-0.3, -0.25) is 0 Å². The van der Waals surface area contributed by atoms with E-state index in [1.807, 2.05) is 6.07 Å². The number of hydrogen-bond donors (Lipinski definition) is 2. The van der Waals surface area contributed by atoms with Crippen LogP contribution in [0.25, 0.3) is 10.8 Å². The summed E-state index contributed by atoms with van der Waals surface area (Å²) in [6.45, 7) is 1.17. The fraction of sp³-hybridized carbons (Fsp3) is 0.167. The quantitative estimate of drug-likeness (QED) is 0.750. The number of nitrogens with two attached hydrogens (primary N) is 2. The van der Waals surface area contributed by atoms with Crippen molar-refractivity contribution in [1.29, 1.82) is 0 Å². The van der Waals surface area contributed by atoms with Crippen molar-refractivity contribution in [2.75, 3.05) is 0 Å². The van der Waals surface area contributed by atoms with E-state index in [9.17, 15) is 0 Å². The first-order chi connectivity index (χ1) is 6.85. The van der Waals surface area contributed by atoms with Crippen molar-refractivity contribution < 1.29 is 0 Å². The van der Waals surface area contributed by atoms with Crippen LogP contribution in [-0.2, 0) is 13.1 Å². The van der Waals surface area contributed by atoms with Gasteiger partial charge in [-0.15, -0.1) is 0 Å². The fourth-order valence-corrected chi connectivity index (χ4v) is 1.71. The van der Waals surface area contributed by atoms with Crippen molar-refractivity contribution in [2.24, 2.45) is 11.5 Å². The summed E-state index contributed by atoms with van der Waals surface area (Å²) in [6, 6.07) is 12.5. The van der Waals surface area contributed by atoms with Gasteiger partial charge in [0.2, 0.25) is 0 Å². The summed E-state index contributed by atoms with van der Waals surface area (Å²) in [5.74, 6) is 0. The third kappa shape index (κ3) is 1.50. The van der Waals surface area contributed by atoms with Crippen LogP contribution in [0.2, 0.25) is 0 Å². The van der Waals surface area contributed by atoms with Crippen LogP contribution < -0.4 is 11.5 Å². The van der Waals surface area contributed by atoms with Gasteiger partial charge in [-0.25, -0.2) is 0 Å². The van der Waals surface area contributed by atoms with Gasteiger partial charge in [0.05, 0.1) is 0 Å². The van der Waals surface area contributed by atoms with Gasteiger partial charge in [0.15, 0.2) is 0 Å². The van der Waals surface area contributed by atoms with Gasteiger partial charge in [0.25, 0.3) is 0 Å². The molecule has 0 radical (unpaired) electrons. The predicted octanol–water partition coefficient (Wildman–Crippen LogP) is 1.76. The second kappa shape index (κ2) is 3.78. The lowest BCUT2D eigenvalue weighted by molar-refractivity contribution is 1.07. The topological polar surface area (TPSA) is 52.0 Å². The first-order valence-electron chi connectivity index (χ1n) is 4.76. The lowest BCUT2D eigenvalue weighted by Gasteiger charge is -2.05. The van der Waals surface area contributed by atoms with Gasteiger partial charge in [-0.05, 0) is 28.0 Å². The van der Waals surface area contributed by atoms with E-state index in [1.54, 1.807) is 0 Å². The lowest BCUT2D eigenvalue weighted by atomic mass is 10.0. The molecule has 0 aliphatic rings. The molecule has 0 saturated heterocycles. The van der Waals surface area contributed by atoms with Gasteiger partial charge in [-0.1, -0.05) is 30.3 Å². The van der Waals surface area contributed by atoms with Gasteiger partial charge in [-0.2, -0.15) is 0 Å². The lowest BCUT2D eigenvalue weighted by Crippen LogP contribution is -1.98. The smallest absolute Gasteiger partial charge is 0.0184 e. The average Bonchev–Trinajstić information content (AvgIpc) is 2.27. The summed E-state index contributed by atoms with van der Waals surface area (Å²) in [5, 5.41) is 2.45. The molecule has 2 nitrogen and oxygen atoms in total. The molecule has 4 N–H and O–H groups in total. The SMILES string of the molecule is NCc1ccc2c(CN)cccc2c1. The zero-order valence-corrected chi connectivity index (χ0v) is 8.03. The third-order valence-corrected chi connectivity index (χ3v) is 2.49. The first kappa shape index (κ1) is 9.19. The first-order valence-corrected chi connectivity index (χ1v) is 4.76. The highest BCUT2D eigenvalue weighted by Gasteiger charge is 1.99. The van der Waals surface area contributed by atoms with Crippen LogP contribution in [0.15, 0.2) is 36.4 Å². The van der Waals surface area contributed by atoms with E-state index in [0.717, 1.165) is 5.56 Å². The largest absolute Gasteiger partial charge is 0.326 e. The van der Waals surface area contributed by atoms with E-state index in [0.29, 0.717) is 13.1 Å². The zero-order valence-electron chi connectivity index (χ0n) is 8.03. The molecule has 14 heavy (non-hydrogen) atoms. The minimum absolute atomic E-state index is 0.583.